The standard InChI is InChI=1S/C19H26FN3O3/c1-12(8-18(25)16-10-22-14(3)23-13(16)2)21-9-15(24)11-26-19-7-5-4-6-17(19)20/h4-7,10,12,15,18,21,24-25H,8-9,11H2,1-3H3. The molecule has 2 rings (SSSR count). The highest BCUT2D eigenvalue weighted by Gasteiger charge is 2.17. The Morgan fingerprint density at radius 3 is 2.65 bits per heavy atom. The molecule has 0 amide bonds. The lowest BCUT2D eigenvalue weighted by molar-refractivity contribution is 0.0967. The second kappa shape index (κ2) is 9.56. The quantitative estimate of drug-likeness (QED) is 0.632. The summed E-state index contributed by atoms with van der Waals surface area (Å²) in [6.45, 7) is 5.81. The number of halogens is 1. The van der Waals surface area contributed by atoms with Crippen LogP contribution in [0.15, 0.2) is 30.5 Å². The van der Waals surface area contributed by atoms with Crippen LogP contribution in [0.5, 0.6) is 5.75 Å². The van der Waals surface area contributed by atoms with Gasteiger partial charge >= 0.3 is 0 Å². The Labute approximate surface area is 153 Å². The predicted octanol–water partition coefficient (Wildman–Crippen LogP) is 2.07. The number of hydrogen-bond acceptors (Lipinski definition) is 6. The van der Waals surface area contributed by atoms with Crippen molar-refractivity contribution in [3.8, 4) is 5.75 Å². The van der Waals surface area contributed by atoms with Crippen LogP contribution >= 0.6 is 0 Å². The van der Waals surface area contributed by atoms with Gasteiger partial charge in [-0.15, -0.1) is 0 Å². The molecule has 26 heavy (non-hydrogen) atoms. The van der Waals surface area contributed by atoms with Crippen LogP contribution in [0.3, 0.4) is 0 Å². The Balaban J connectivity index is 1.75. The first-order valence-corrected chi connectivity index (χ1v) is 8.63. The van der Waals surface area contributed by atoms with E-state index < -0.39 is 18.0 Å². The van der Waals surface area contributed by atoms with Crippen LogP contribution < -0.4 is 10.1 Å². The fourth-order valence-corrected chi connectivity index (χ4v) is 2.61. The lowest BCUT2D eigenvalue weighted by Crippen LogP contribution is -2.37. The van der Waals surface area contributed by atoms with E-state index in [-0.39, 0.29) is 24.9 Å². The molecule has 3 N–H and O–H groups in total. The highest BCUT2D eigenvalue weighted by Crippen LogP contribution is 2.20. The second-order valence-corrected chi connectivity index (χ2v) is 6.41. The summed E-state index contributed by atoms with van der Waals surface area (Å²) < 4.78 is 18.7. The first kappa shape index (κ1) is 20.2. The van der Waals surface area contributed by atoms with Crippen LogP contribution in [-0.4, -0.2) is 45.5 Å². The summed E-state index contributed by atoms with van der Waals surface area (Å²) in [5, 5.41) is 23.5. The van der Waals surface area contributed by atoms with Gasteiger partial charge in [-0.2, -0.15) is 0 Å². The van der Waals surface area contributed by atoms with E-state index in [4.69, 9.17) is 4.74 Å². The Bertz CT molecular complexity index is 714. The zero-order chi connectivity index (χ0) is 19.1. The highest BCUT2D eigenvalue weighted by atomic mass is 19.1. The molecule has 0 radical (unpaired) electrons. The van der Waals surface area contributed by atoms with Gasteiger partial charge in [-0.3, -0.25) is 0 Å². The summed E-state index contributed by atoms with van der Waals surface area (Å²) in [6.07, 6.45) is 0.615. The SMILES string of the molecule is Cc1ncc(C(O)CC(C)NCC(O)COc2ccccc2F)c(C)n1. The maximum absolute atomic E-state index is 13.5. The maximum atomic E-state index is 13.5. The van der Waals surface area contributed by atoms with E-state index in [1.165, 1.54) is 12.1 Å². The Morgan fingerprint density at radius 2 is 1.96 bits per heavy atom. The number of aromatic nitrogens is 2. The van der Waals surface area contributed by atoms with E-state index in [0.717, 1.165) is 5.69 Å². The molecule has 0 fully saturated rings. The van der Waals surface area contributed by atoms with Crippen molar-refractivity contribution < 1.29 is 19.3 Å². The van der Waals surface area contributed by atoms with Crippen LogP contribution in [0, 0.1) is 19.7 Å². The summed E-state index contributed by atoms with van der Waals surface area (Å²) in [4.78, 5) is 8.38. The monoisotopic (exact) mass is 363 g/mol. The lowest BCUT2D eigenvalue weighted by Gasteiger charge is -2.21. The molecule has 1 aromatic carbocycles. The second-order valence-electron chi connectivity index (χ2n) is 6.41. The summed E-state index contributed by atoms with van der Waals surface area (Å²) in [6, 6.07) is 6.02. The lowest BCUT2D eigenvalue weighted by atomic mass is 10.0. The van der Waals surface area contributed by atoms with Crippen molar-refractivity contribution in [3.63, 3.8) is 0 Å². The highest BCUT2D eigenvalue weighted by molar-refractivity contribution is 5.23. The number of benzene rings is 1. The molecule has 2 aromatic rings. The summed E-state index contributed by atoms with van der Waals surface area (Å²) in [5.74, 6) is 0.326. The number of nitrogens with zero attached hydrogens (tertiary/aromatic N) is 2. The fraction of sp³-hybridized carbons (Fsp3) is 0.474. The Hall–Kier alpha value is -2.09. The molecule has 142 valence electrons. The minimum atomic E-state index is -0.793. The smallest absolute Gasteiger partial charge is 0.165 e. The number of nitrogens with one attached hydrogen (secondary N) is 1. The fourth-order valence-electron chi connectivity index (χ4n) is 2.61. The van der Waals surface area contributed by atoms with Crippen LogP contribution in [0.4, 0.5) is 4.39 Å². The van der Waals surface area contributed by atoms with Gasteiger partial charge in [0.15, 0.2) is 11.6 Å². The maximum Gasteiger partial charge on any atom is 0.165 e. The first-order valence-electron chi connectivity index (χ1n) is 8.63. The van der Waals surface area contributed by atoms with Gasteiger partial charge < -0.3 is 20.3 Å². The molecule has 0 saturated heterocycles. The van der Waals surface area contributed by atoms with Gasteiger partial charge in [0.2, 0.25) is 0 Å². The molecule has 3 unspecified atom stereocenters. The summed E-state index contributed by atoms with van der Waals surface area (Å²) >= 11 is 0. The molecule has 3 atom stereocenters. The minimum Gasteiger partial charge on any atom is -0.488 e. The van der Waals surface area contributed by atoms with Crippen LogP contribution in [-0.2, 0) is 0 Å². The summed E-state index contributed by atoms with van der Waals surface area (Å²) in [7, 11) is 0. The third-order valence-corrected chi connectivity index (χ3v) is 4.04. The van der Waals surface area contributed by atoms with E-state index in [2.05, 4.69) is 15.3 Å². The average Bonchev–Trinajstić information content (AvgIpc) is 2.59. The van der Waals surface area contributed by atoms with Crippen molar-refractivity contribution in [2.45, 2.75) is 45.4 Å². The number of rotatable bonds is 9. The van der Waals surface area contributed by atoms with Gasteiger partial charge in [0, 0.05) is 30.0 Å². The molecular weight excluding hydrogens is 337 g/mol. The molecular formula is C19H26FN3O3. The van der Waals surface area contributed by atoms with Gasteiger partial charge in [-0.1, -0.05) is 12.1 Å². The number of para-hydroxylation sites is 1. The van der Waals surface area contributed by atoms with Crippen molar-refractivity contribution in [2.24, 2.45) is 0 Å². The average molecular weight is 363 g/mol. The molecule has 1 aromatic heterocycles. The zero-order valence-corrected chi connectivity index (χ0v) is 15.3. The summed E-state index contributed by atoms with van der Waals surface area (Å²) in [5.41, 5.74) is 1.46. The minimum absolute atomic E-state index is 0.0197. The molecule has 1 heterocycles. The van der Waals surface area contributed by atoms with Crippen molar-refractivity contribution >= 4 is 0 Å². The van der Waals surface area contributed by atoms with Gasteiger partial charge in [0.1, 0.15) is 18.5 Å². The van der Waals surface area contributed by atoms with Gasteiger partial charge in [0.25, 0.3) is 0 Å². The number of hydrogen-bond donors (Lipinski definition) is 3. The molecule has 7 heteroatoms. The predicted molar refractivity (Wildman–Crippen MR) is 96.4 cm³/mol. The third-order valence-electron chi connectivity index (χ3n) is 4.04. The molecule has 0 aliphatic carbocycles. The zero-order valence-electron chi connectivity index (χ0n) is 15.3. The Morgan fingerprint density at radius 1 is 1.23 bits per heavy atom. The number of aliphatic hydroxyl groups is 2. The Kier molecular flexibility index (Phi) is 7.44. The van der Waals surface area contributed by atoms with Gasteiger partial charge in [-0.25, -0.2) is 14.4 Å². The van der Waals surface area contributed by atoms with Crippen molar-refractivity contribution in [2.75, 3.05) is 13.2 Å². The van der Waals surface area contributed by atoms with Crippen molar-refractivity contribution in [1.29, 1.82) is 0 Å². The molecule has 6 nitrogen and oxygen atoms in total. The van der Waals surface area contributed by atoms with E-state index in [9.17, 15) is 14.6 Å². The van der Waals surface area contributed by atoms with E-state index >= 15 is 0 Å². The topological polar surface area (TPSA) is 87.5 Å². The number of ether oxygens (including phenoxy) is 1. The first-order chi connectivity index (χ1) is 12.4. The van der Waals surface area contributed by atoms with Gasteiger partial charge in [0.05, 0.1) is 6.10 Å². The van der Waals surface area contributed by atoms with Gasteiger partial charge in [-0.05, 0) is 39.3 Å². The van der Waals surface area contributed by atoms with E-state index in [1.54, 1.807) is 25.3 Å². The molecule has 0 bridgehead atoms. The van der Waals surface area contributed by atoms with Crippen molar-refractivity contribution in [1.82, 2.24) is 15.3 Å². The largest absolute Gasteiger partial charge is 0.488 e. The van der Waals surface area contributed by atoms with Crippen LogP contribution in [0.25, 0.3) is 0 Å². The molecule has 0 aliphatic heterocycles. The molecule has 0 spiro atoms. The number of aryl methyl sites for hydroxylation is 2. The third kappa shape index (κ3) is 6.01. The normalized spacial score (nSPS) is 14.7. The van der Waals surface area contributed by atoms with E-state index in [1.807, 2.05) is 13.8 Å². The van der Waals surface area contributed by atoms with Crippen molar-refractivity contribution in [3.05, 3.63) is 53.4 Å². The molecule has 0 saturated carbocycles. The van der Waals surface area contributed by atoms with E-state index in [0.29, 0.717) is 17.8 Å². The van der Waals surface area contributed by atoms with Crippen LogP contribution in [0.2, 0.25) is 0 Å². The number of aliphatic hydroxyl groups excluding tert-OH is 2. The molecule has 0 aliphatic rings. The van der Waals surface area contributed by atoms with Crippen LogP contribution in [0.1, 0.15) is 36.5 Å².